The number of carbonyl (C=O) groups excluding carboxylic acids is 1. The lowest BCUT2D eigenvalue weighted by atomic mass is 10.2. The van der Waals surface area contributed by atoms with Crippen LogP contribution >= 0.6 is 11.6 Å². The van der Waals surface area contributed by atoms with Crippen LogP contribution in [-0.2, 0) is 7.05 Å². The molecule has 4 nitrogen and oxygen atoms in total. The number of carbonyl (C=O) groups is 1. The van der Waals surface area contributed by atoms with Crippen LogP contribution in [-0.4, -0.2) is 34.3 Å². The first-order valence-corrected chi connectivity index (χ1v) is 5.41. The zero-order valence-electron chi connectivity index (χ0n) is 9.61. The van der Waals surface area contributed by atoms with Crippen molar-refractivity contribution in [2.45, 2.75) is 12.3 Å². The molecular formula is C11H15ClN2O2. The molecule has 0 saturated carbocycles. The molecule has 1 heterocycles. The Morgan fingerprint density at radius 1 is 1.62 bits per heavy atom. The molecule has 88 valence electrons. The van der Waals surface area contributed by atoms with E-state index in [2.05, 4.69) is 0 Å². The molecule has 0 aliphatic rings. The molecule has 1 rings (SSSR count). The molecule has 16 heavy (non-hydrogen) atoms. The van der Waals surface area contributed by atoms with Gasteiger partial charge in [-0.1, -0.05) is 0 Å². The van der Waals surface area contributed by atoms with E-state index in [-0.39, 0.29) is 16.8 Å². The van der Waals surface area contributed by atoms with Crippen molar-refractivity contribution in [3.8, 4) is 0 Å². The Bertz CT molecular complexity index is 440. The van der Waals surface area contributed by atoms with Gasteiger partial charge in [0.1, 0.15) is 0 Å². The fourth-order valence-electron chi connectivity index (χ4n) is 1.36. The van der Waals surface area contributed by atoms with Gasteiger partial charge in [-0.25, -0.2) is 0 Å². The Morgan fingerprint density at radius 2 is 2.25 bits per heavy atom. The number of hydrogen-bond donors (Lipinski definition) is 0. The third-order valence-electron chi connectivity index (χ3n) is 2.22. The van der Waals surface area contributed by atoms with Crippen LogP contribution in [0.4, 0.5) is 0 Å². The lowest BCUT2D eigenvalue weighted by Gasteiger charge is -2.18. The summed E-state index contributed by atoms with van der Waals surface area (Å²) in [7, 11) is 3.31. The van der Waals surface area contributed by atoms with Gasteiger partial charge in [0.2, 0.25) is 0 Å². The quantitative estimate of drug-likeness (QED) is 0.745. The summed E-state index contributed by atoms with van der Waals surface area (Å²) in [5, 5.41) is -0.111. The molecule has 1 amide bonds. The van der Waals surface area contributed by atoms with Gasteiger partial charge in [-0.3, -0.25) is 9.59 Å². The number of aryl methyl sites for hydroxylation is 1. The summed E-state index contributed by atoms with van der Waals surface area (Å²) in [5.74, 6) is -0.190. The third kappa shape index (κ3) is 3.10. The molecule has 0 aliphatic carbocycles. The average Bonchev–Trinajstić information content (AvgIpc) is 2.20. The number of halogens is 1. The van der Waals surface area contributed by atoms with E-state index in [1.54, 1.807) is 26.4 Å². The van der Waals surface area contributed by atoms with Gasteiger partial charge < -0.3 is 9.47 Å². The Balaban J connectivity index is 2.88. The van der Waals surface area contributed by atoms with Gasteiger partial charge in [0.05, 0.1) is 0 Å². The van der Waals surface area contributed by atoms with Gasteiger partial charge in [0.15, 0.2) is 0 Å². The second-order valence-corrected chi connectivity index (χ2v) is 4.58. The van der Waals surface area contributed by atoms with Crippen LogP contribution in [0.3, 0.4) is 0 Å². The maximum Gasteiger partial charge on any atom is 0.253 e. The van der Waals surface area contributed by atoms with Crippen LogP contribution in [0.2, 0.25) is 0 Å². The number of nitrogens with zero attached hydrogens (tertiary/aromatic N) is 2. The molecular weight excluding hydrogens is 228 g/mol. The fourth-order valence-corrected chi connectivity index (χ4v) is 1.57. The van der Waals surface area contributed by atoms with Crippen molar-refractivity contribution in [2.75, 3.05) is 13.6 Å². The molecule has 1 aromatic heterocycles. The van der Waals surface area contributed by atoms with Crippen molar-refractivity contribution < 1.29 is 4.79 Å². The van der Waals surface area contributed by atoms with E-state index in [0.717, 1.165) is 0 Å². The zero-order chi connectivity index (χ0) is 12.3. The second kappa shape index (κ2) is 5.16. The molecule has 0 N–H and O–H groups in total. The minimum Gasteiger partial charge on any atom is -0.340 e. The number of rotatable bonds is 3. The van der Waals surface area contributed by atoms with E-state index in [4.69, 9.17) is 11.6 Å². The van der Waals surface area contributed by atoms with Gasteiger partial charge in [-0.05, 0) is 13.0 Å². The lowest BCUT2D eigenvalue weighted by molar-refractivity contribution is 0.0796. The van der Waals surface area contributed by atoms with Crippen molar-refractivity contribution in [3.63, 3.8) is 0 Å². The summed E-state index contributed by atoms with van der Waals surface area (Å²) in [6.45, 7) is 2.27. The lowest BCUT2D eigenvalue weighted by Crippen LogP contribution is -2.32. The van der Waals surface area contributed by atoms with Crippen LogP contribution in [0, 0.1) is 0 Å². The molecule has 0 aliphatic heterocycles. The number of alkyl halides is 1. The normalized spacial score (nSPS) is 12.2. The van der Waals surface area contributed by atoms with E-state index in [1.165, 1.54) is 15.5 Å². The summed E-state index contributed by atoms with van der Waals surface area (Å²) in [5.41, 5.74) is 0.195. The number of amides is 1. The number of hydrogen-bond acceptors (Lipinski definition) is 2. The largest absolute Gasteiger partial charge is 0.340 e. The average molecular weight is 243 g/mol. The maximum absolute atomic E-state index is 11.9. The summed E-state index contributed by atoms with van der Waals surface area (Å²) in [4.78, 5) is 24.7. The molecule has 1 atom stereocenters. The smallest absolute Gasteiger partial charge is 0.253 e. The molecule has 0 fully saturated rings. The van der Waals surface area contributed by atoms with Crippen molar-refractivity contribution in [2.24, 2.45) is 7.05 Å². The van der Waals surface area contributed by atoms with Crippen molar-refractivity contribution in [3.05, 3.63) is 34.2 Å². The van der Waals surface area contributed by atoms with Crippen molar-refractivity contribution in [1.82, 2.24) is 9.47 Å². The molecule has 0 spiro atoms. The molecule has 0 saturated heterocycles. The molecule has 1 aromatic rings. The minimum absolute atomic E-state index is 0.111. The molecule has 0 radical (unpaired) electrons. The highest BCUT2D eigenvalue weighted by atomic mass is 35.5. The van der Waals surface area contributed by atoms with Crippen LogP contribution in [0.15, 0.2) is 23.1 Å². The topological polar surface area (TPSA) is 42.3 Å². The Morgan fingerprint density at radius 3 is 2.75 bits per heavy atom. The molecule has 0 aromatic carbocycles. The minimum atomic E-state index is -0.196. The summed E-state index contributed by atoms with van der Waals surface area (Å²) in [6, 6.07) is 2.96. The third-order valence-corrected chi connectivity index (χ3v) is 2.36. The van der Waals surface area contributed by atoms with Crippen LogP contribution in [0.25, 0.3) is 0 Å². The van der Waals surface area contributed by atoms with Gasteiger partial charge in [-0.2, -0.15) is 0 Å². The maximum atomic E-state index is 11.9. The Hall–Kier alpha value is -1.29. The highest BCUT2D eigenvalue weighted by molar-refractivity contribution is 6.20. The summed E-state index contributed by atoms with van der Waals surface area (Å²) >= 11 is 5.80. The van der Waals surface area contributed by atoms with Crippen molar-refractivity contribution in [1.29, 1.82) is 0 Å². The van der Waals surface area contributed by atoms with E-state index in [9.17, 15) is 9.59 Å². The monoisotopic (exact) mass is 242 g/mol. The predicted octanol–water partition coefficient (Wildman–Crippen LogP) is 1.08. The highest BCUT2D eigenvalue weighted by Gasteiger charge is 2.13. The van der Waals surface area contributed by atoms with E-state index in [1.807, 2.05) is 6.92 Å². The highest BCUT2D eigenvalue weighted by Crippen LogP contribution is 2.03. The summed E-state index contributed by atoms with van der Waals surface area (Å²) in [6.07, 6.45) is 1.58. The second-order valence-electron chi connectivity index (χ2n) is 3.83. The van der Waals surface area contributed by atoms with Gasteiger partial charge >= 0.3 is 0 Å². The van der Waals surface area contributed by atoms with Crippen LogP contribution in [0.5, 0.6) is 0 Å². The fraction of sp³-hybridized carbons (Fsp3) is 0.455. The Kier molecular flexibility index (Phi) is 4.12. The SMILES string of the molecule is CC(Cl)CN(C)C(=O)c1ccn(C)c(=O)c1. The van der Waals surface area contributed by atoms with Gasteiger partial charge in [0, 0.05) is 43.8 Å². The molecule has 0 bridgehead atoms. The Labute approximate surface area is 99.4 Å². The van der Waals surface area contributed by atoms with Crippen LogP contribution < -0.4 is 5.56 Å². The van der Waals surface area contributed by atoms with Crippen LogP contribution in [0.1, 0.15) is 17.3 Å². The number of pyridine rings is 1. The van der Waals surface area contributed by atoms with E-state index in [0.29, 0.717) is 12.1 Å². The number of aromatic nitrogens is 1. The predicted molar refractivity (Wildman–Crippen MR) is 64.0 cm³/mol. The first-order chi connectivity index (χ1) is 7.41. The summed E-state index contributed by atoms with van der Waals surface area (Å²) < 4.78 is 1.42. The van der Waals surface area contributed by atoms with E-state index >= 15 is 0 Å². The zero-order valence-corrected chi connectivity index (χ0v) is 10.4. The van der Waals surface area contributed by atoms with Crippen molar-refractivity contribution >= 4 is 17.5 Å². The molecule has 1 unspecified atom stereocenters. The van der Waals surface area contributed by atoms with E-state index < -0.39 is 0 Å². The van der Waals surface area contributed by atoms with Gasteiger partial charge in [-0.15, -0.1) is 11.6 Å². The standard InChI is InChI=1S/C11H15ClN2O2/c1-8(12)7-14(3)11(16)9-4-5-13(2)10(15)6-9/h4-6,8H,7H2,1-3H3. The first kappa shape index (κ1) is 12.8. The first-order valence-electron chi connectivity index (χ1n) is 4.98. The molecule has 5 heteroatoms. The van der Waals surface area contributed by atoms with Gasteiger partial charge in [0.25, 0.3) is 11.5 Å².